The maximum Gasteiger partial charge on any atom is 0.344 e. The SMILES string of the molecule is COc1ccc(C(C)O)c(OC(C)C(=O)O)c1. The number of aliphatic hydroxyl groups excluding tert-OH is 1. The largest absolute Gasteiger partial charge is 0.497 e. The van der Waals surface area contributed by atoms with Crippen LogP contribution in [0.15, 0.2) is 18.2 Å². The fraction of sp³-hybridized carbons (Fsp3) is 0.417. The lowest BCUT2D eigenvalue weighted by molar-refractivity contribution is -0.144. The van der Waals surface area contributed by atoms with Crippen molar-refractivity contribution in [2.24, 2.45) is 0 Å². The maximum atomic E-state index is 10.7. The molecule has 5 nitrogen and oxygen atoms in total. The molecule has 0 saturated heterocycles. The molecule has 0 radical (unpaired) electrons. The van der Waals surface area contributed by atoms with Gasteiger partial charge in [0.25, 0.3) is 0 Å². The van der Waals surface area contributed by atoms with Crippen LogP contribution in [0.25, 0.3) is 0 Å². The van der Waals surface area contributed by atoms with Gasteiger partial charge in [-0.05, 0) is 26.0 Å². The number of aliphatic hydroxyl groups is 1. The van der Waals surface area contributed by atoms with Crippen molar-refractivity contribution in [1.29, 1.82) is 0 Å². The van der Waals surface area contributed by atoms with E-state index in [1.807, 2.05) is 0 Å². The molecule has 1 rings (SSSR count). The first kappa shape index (κ1) is 13.3. The van der Waals surface area contributed by atoms with Gasteiger partial charge in [0.05, 0.1) is 13.2 Å². The van der Waals surface area contributed by atoms with Gasteiger partial charge in [-0.1, -0.05) is 0 Å². The topological polar surface area (TPSA) is 76.0 Å². The van der Waals surface area contributed by atoms with Gasteiger partial charge in [0, 0.05) is 11.6 Å². The molecule has 0 saturated carbocycles. The Morgan fingerprint density at radius 3 is 2.47 bits per heavy atom. The number of carboxylic acids is 1. The normalized spacial score (nSPS) is 13.9. The lowest BCUT2D eigenvalue weighted by atomic mass is 10.1. The summed E-state index contributed by atoms with van der Waals surface area (Å²) >= 11 is 0. The molecule has 1 aromatic carbocycles. The van der Waals surface area contributed by atoms with Gasteiger partial charge < -0.3 is 19.7 Å². The summed E-state index contributed by atoms with van der Waals surface area (Å²) in [6.45, 7) is 3.01. The summed E-state index contributed by atoms with van der Waals surface area (Å²) in [5.41, 5.74) is 0.527. The molecule has 2 atom stereocenters. The Labute approximate surface area is 99.6 Å². The van der Waals surface area contributed by atoms with Gasteiger partial charge in [0.1, 0.15) is 11.5 Å². The first-order chi connectivity index (χ1) is 7.95. The molecular weight excluding hydrogens is 224 g/mol. The molecule has 0 aliphatic carbocycles. The highest BCUT2D eigenvalue weighted by molar-refractivity contribution is 5.72. The van der Waals surface area contributed by atoms with Gasteiger partial charge in [0.2, 0.25) is 0 Å². The Balaban J connectivity index is 3.04. The van der Waals surface area contributed by atoms with Crippen molar-refractivity contribution in [1.82, 2.24) is 0 Å². The van der Waals surface area contributed by atoms with Gasteiger partial charge in [-0.3, -0.25) is 0 Å². The smallest absolute Gasteiger partial charge is 0.344 e. The fourth-order valence-corrected chi connectivity index (χ4v) is 1.33. The van der Waals surface area contributed by atoms with Crippen LogP contribution in [0.1, 0.15) is 25.5 Å². The monoisotopic (exact) mass is 240 g/mol. The number of benzene rings is 1. The highest BCUT2D eigenvalue weighted by Crippen LogP contribution is 2.30. The molecule has 0 fully saturated rings. The van der Waals surface area contributed by atoms with Crippen LogP contribution in [-0.2, 0) is 4.79 Å². The minimum atomic E-state index is -1.07. The molecule has 17 heavy (non-hydrogen) atoms. The molecule has 5 heteroatoms. The highest BCUT2D eigenvalue weighted by Gasteiger charge is 2.17. The first-order valence-electron chi connectivity index (χ1n) is 5.21. The molecule has 0 aliphatic heterocycles. The molecule has 0 amide bonds. The third-order valence-corrected chi connectivity index (χ3v) is 2.32. The van der Waals surface area contributed by atoms with Crippen LogP contribution in [0.4, 0.5) is 0 Å². The van der Waals surface area contributed by atoms with Crippen LogP contribution in [0.2, 0.25) is 0 Å². The first-order valence-corrected chi connectivity index (χ1v) is 5.21. The molecule has 0 spiro atoms. The van der Waals surface area contributed by atoms with E-state index in [1.165, 1.54) is 14.0 Å². The maximum absolute atomic E-state index is 10.7. The van der Waals surface area contributed by atoms with E-state index in [0.29, 0.717) is 17.1 Å². The highest BCUT2D eigenvalue weighted by atomic mass is 16.5. The second kappa shape index (κ2) is 5.54. The summed E-state index contributed by atoms with van der Waals surface area (Å²) in [7, 11) is 1.50. The lowest BCUT2D eigenvalue weighted by Crippen LogP contribution is -2.23. The molecule has 0 heterocycles. The van der Waals surface area contributed by atoms with Crippen molar-refractivity contribution in [2.75, 3.05) is 7.11 Å². The summed E-state index contributed by atoms with van der Waals surface area (Å²) in [5.74, 6) is -0.208. The second-order valence-electron chi connectivity index (χ2n) is 3.68. The molecule has 1 aromatic rings. The van der Waals surface area contributed by atoms with E-state index >= 15 is 0 Å². The van der Waals surface area contributed by atoms with E-state index in [1.54, 1.807) is 25.1 Å². The van der Waals surface area contributed by atoms with Crippen molar-refractivity contribution in [3.8, 4) is 11.5 Å². The van der Waals surface area contributed by atoms with Crippen LogP contribution in [0.3, 0.4) is 0 Å². The van der Waals surface area contributed by atoms with E-state index in [4.69, 9.17) is 14.6 Å². The molecule has 0 aromatic heterocycles. The Bertz CT molecular complexity index is 400. The van der Waals surface area contributed by atoms with Gasteiger partial charge in [-0.15, -0.1) is 0 Å². The molecular formula is C12H16O5. The van der Waals surface area contributed by atoms with E-state index < -0.39 is 18.2 Å². The molecule has 2 N–H and O–H groups in total. The van der Waals surface area contributed by atoms with Crippen molar-refractivity contribution in [2.45, 2.75) is 26.1 Å². The number of methoxy groups -OCH3 is 1. The molecule has 0 aliphatic rings. The van der Waals surface area contributed by atoms with Crippen LogP contribution >= 0.6 is 0 Å². The minimum Gasteiger partial charge on any atom is -0.497 e. The Kier molecular flexibility index (Phi) is 4.34. The molecule has 2 unspecified atom stereocenters. The fourth-order valence-electron chi connectivity index (χ4n) is 1.33. The number of hydrogen-bond donors (Lipinski definition) is 2. The number of carboxylic acid groups (broad SMARTS) is 1. The number of ether oxygens (including phenoxy) is 2. The average Bonchev–Trinajstić information content (AvgIpc) is 2.28. The predicted molar refractivity (Wildman–Crippen MR) is 61.4 cm³/mol. The summed E-state index contributed by atoms with van der Waals surface area (Å²) in [6, 6.07) is 4.88. The average molecular weight is 240 g/mol. The standard InChI is InChI=1S/C12H16O5/c1-7(13)10-5-4-9(16-3)6-11(10)17-8(2)12(14)15/h4-8,13H,1-3H3,(H,14,15). The zero-order valence-electron chi connectivity index (χ0n) is 10.0. The van der Waals surface area contributed by atoms with Crippen LogP contribution < -0.4 is 9.47 Å². The number of hydrogen-bond acceptors (Lipinski definition) is 4. The minimum absolute atomic E-state index is 0.314. The predicted octanol–water partition coefficient (Wildman–Crippen LogP) is 1.60. The Morgan fingerprint density at radius 1 is 1.35 bits per heavy atom. The summed E-state index contributed by atoms with van der Waals surface area (Å²) in [4.78, 5) is 10.7. The van der Waals surface area contributed by atoms with Crippen molar-refractivity contribution in [3.05, 3.63) is 23.8 Å². The quantitative estimate of drug-likeness (QED) is 0.817. The third kappa shape index (κ3) is 3.35. The lowest BCUT2D eigenvalue weighted by Gasteiger charge is -2.16. The van der Waals surface area contributed by atoms with E-state index in [9.17, 15) is 9.90 Å². The zero-order chi connectivity index (χ0) is 13.0. The van der Waals surface area contributed by atoms with Gasteiger partial charge in [0.15, 0.2) is 6.10 Å². The number of aliphatic carboxylic acids is 1. The van der Waals surface area contributed by atoms with E-state index in [-0.39, 0.29) is 0 Å². The van der Waals surface area contributed by atoms with Crippen molar-refractivity contribution in [3.63, 3.8) is 0 Å². The number of rotatable bonds is 5. The van der Waals surface area contributed by atoms with Gasteiger partial charge >= 0.3 is 5.97 Å². The second-order valence-corrected chi connectivity index (χ2v) is 3.68. The van der Waals surface area contributed by atoms with Gasteiger partial charge in [-0.2, -0.15) is 0 Å². The molecule has 94 valence electrons. The van der Waals surface area contributed by atoms with Crippen LogP contribution in [0.5, 0.6) is 11.5 Å². The Hall–Kier alpha value is -1.75. The van der Waals surface area contributed by atoms with Crippen molar-refractivity contribution >= 4 is 5.97 Å². The summed E-state index contributed by atoms with van der Waals surface area (Å²) in [5, 5.41) is 18.3. The summed E-state index contributed by atoms with van der Waals surface area (Å²) < 4.78 is 10.3. The number of carbonyl (C=O) groups is 1. The van der Waals surface area contributed by atoms with Crippen molar-refractivity contribution < 1.29 is 24.5 Å². The van der Waals surface area contributed by atoms with Crippen LogP contribution in [-0.4, -0.2) is 29.4 Å². The van der Waals surface area contributed by atoms with E-state index in [2.05, 4.69) is 0 Å². The molecule has 0 bridgehead atoms. The van der Waals surface area contributed by atoms with Gasteiger partial charge in [-0.25, -0.2) is 4.79 Å². The van der Waals surface area contributed by atoms with E-state index in [0.717, 1.165) is 0 Å². The van der Waals surface area contributed by atoms with Crippen LogP contribution in [0, 0.1) is 0 Å². The Morgan fingerprint density at radius 2 is 2.00 bits per heavy atom. The summed E-state index contributed by atoms with van der Waals surface area (Å²) in [6.07, 6.45) is -1.73. The third-order valence-electron chi connectivity index (χ3n) is 2.32. The zero-order valence-corrected chi connectivity index (χ0v) is 10.0.